The number of nitrogens with one attached hydrogen (secondary N) is 3. The standard InChI is InChI=1S/C19H27N3O2/c1-13-2-4-15(5-3-13)19(24)21-9-8-20-18(23)12-14-10-16-6-7-17(11-14)22-16/h2-5,14,16-17,22H,6-12H2,1H3,(H,20,23)(H,21,24). The predicted octanol–water partition coefficient (Wildman–Crippen LogP) is 1.76. The highest BCUT2D eigenvalue weighted by Gasteiger charge is 2.34. The molecule has 0 aliphatic carbocycles. The van der Waals surface area contributed by atoms with Crippen LogP contribution in [0.15, 0.2) is 24.3 Å². The van der Waals surface area contributed by atoms with Gasteiger partial charge in [0.25, 0.3) is 5.91 Å². The van der Waals surface area contributed by atoms with Crippen LogP contribution >= 0.6 is 0 Å². The third kappa shape index (κ3) is 4.57. The van der Waals surface area contributed by atoms with E-state index < -0.39 is 0 Å². The molecule has 2 bridgehead atoms. The molecule has 5 nitrogen and oxygen atoms in total. The smallest absolute Gasteiger partial charge is 0.251 e. The maximum absolute atomic E-state index is 12.1. The summed E-state index contributed by atoms with van der Waals surface area (Å²) in [6.07, 6.45) is 5.37. The van der Waals surface area contributed by atoms with Gasteiger partial charge in [-0.25, -0.2) is 0 Å². The van der Waals surface area contributed by atoms with E-state index in [0.29, 0.717) is 43.1 Å². The predicted molar refractivity (Wildman–Crippen MR) is 93.8 cm³/mol. The van der Waals surface area contributed by atoms with E-state index in [0.717, 1.165) is 18.4 Å². The summed E-state index contributed by atoms with van der Waals surface area (Å²) in [7, 11) is 0. The van der Waals surface area contributed by atoms with E-state index in [1.54, 1.807) is 0 Å². The summed E-state index contributed by atoms with van der Waals surface area (Å²) in [5.74, 6) is 0.510. The van der Waals surface area contributed by atoms with Gasteiger partial charge in [-0.15, -0.1) is 0 Å². The first-order valence-electron chi connectivity index (χ1n) is 8.98. The van der Waals surface area contributed by atoms with Crippen LogP contribution in [-0.4, -0.2) is 37.0 Å². The first-order valence-corrected chi connectivity index (χ1v) is 8.98. The molecule has 24 heavy (non-hydrogen) atoms. The van der Waals surface area contributed by atoms with Crippen LogP contribution in [0.4, 0.5) is 0 Å². The first-order chi connectivity index (χ1) is 11.6. The number of benzene rings is 1. The van der Waals surface area contributed by atoms with E-state index in [1.165, 1.54) is 12.8 Å². The van der Waals surface area contributed by atoms with Crippen LogP contribution in [0.1, 0.15) is 48.0 Å². The van der Waals surface area contributed by atoms with Crippen molar-refractivity contribution in [1.82, 2.24) is 16.0 Å². The molecule has 0 radical (unpaired) electrons. The summed E-state index contributed by atoms with van der Waals surface area (Å²) in [4.78, 5) is 24.0. The fourth-order valence-corrected chi connectivity index (χ4v) is 3.86. The highest BCUT2D eigenvalue weighted by molar-refractivity contribution is 5.94. The highest BCUT2D eigenvalue weighted by Crippen LogP contribution is 2.32. The van der Waals surface area contributed by atoms with Crippen molar-refractivity contribution in [3.63, 3.8) is 0 Å². The SMILES string of the molecule is Cc1ccc(C(=O)NCCNC(=O)CC2CC3CCC(C2)N3)cc1. The number of hydrogen-bond acceptors (Lipinski definition) is 3. The molecule has 5 heteroatoms. The lowest BCUT2D eigenvalue weighted by Crippen LogP contribution is -2.40. The Labute approximate surface area is 143 Å². The summed E-state index contributed by atoms with van der Waals surface area (Å²) >= 11 is 0. The van der Waals surface area contributed by atoms with Crippen molar-refractivity contribution in [2.75, 3.05) is 13.1 Å². The van der Waals surface area contributed by atoms with Crippen molar-refractivity contribution in [1.29, 1.82) is 0 Å². The average molecular weight is 329 g/mol. The fraction of sp³-hybridized carbons (Fsp3) is 0.579. The van der Waals surface area contributed by atoms with Crippen molar-refractivity contribution in [2.24, 2.45) is 5.92 Å². The fourth-order valence-electron chi connectivity index (χ4n) is 3.86. The first kappa shape index (κ1) is 17.0. The van der Waals surface area contributed by atoms with Crippen LogP contribution in [0.25, 0.3) is 0 Å². The number of carbonyl (C=O) groups excluding carboxylic acids is 2. The summed E-state index contributed by atoms with van der Waals surface area (Å²) in [6, 6.07) is 8.71. The Morgan fingerprint density at radius 3 is 2.33 bits per heavy atom. The molecule has 0 aromatic heterocycles. The number of carbonyl (C=O) groups is 2. The monoisotopic (exact) mass is 329 g/mol. The van der Waals surface area contributed by atoms with Crippen molar-refractivity contribution in [2.45, 2.75) is 51.1 Å². The van der Waals surface area contributed by atoms with Gasteiger partial charge in [-0.3, -0.25) is 9.59 Å². The van der Waals surface area contributed by atoms with E-state index in [2.05, 4.69) is 16.0 Å². The molecule has 3 N–H and O–H groups in total. The Morgan fingerprint density at radius 1 is 1.04 bits per heavy atom. The lowest BCUT2D eigenvalue weighted by Gasteiger charge is -2.28. The van der Waals surface area contributed by atoms with Crippen LogP contribution in [0.3, 0.4) is 0 Å². The number of fused-ring (bicyclic) bond motifs is 2. The largest absolute Gasteiger partial charge is 0.354 e. The van der Waals surface area contributed by atoms with Crippen molar-refractivity contribution >= 4 is 11.8 Å². The quantitative estimate of drug-likeness (QED) is 0.697. The molecule has 0 saturated carbocycles. The Hall–Kier alpha value is -1.88. The minimum Gasteiger partial charge on any atom is -0.354 e. The van der Waals surface area contributed by atoms with Gasteiger partial charge in [0.2, 0.25) is 5.91 Å². The van der Waals surface area contributed by atoms with E-state index in [9.17, 15) is 9.59 Å². The second-order valence-electron chi connectivity index (χ2n) is 7.15. The average Bonchev–Trinajstić information content (AvgIpc) is 2.90. The number of amides is 2. The van der Waals surface area contributed by atoms with Gasteiger partial charge in [0.05, 0.1) is 0 Å². The molecule has 0 spiro atoms. The van der Waals surface area contributed by atoms with Gasteiger partial charge in [-0.05, 0) is 50.7 Å². The van der Waals surface area contributed by atoms with Gasteiger partial charge in [0.15, 0.2) is 0 Å². The molecular formula is C19H27N3O2. The minimum absolute atomic E-state index is 0.0980. The van der Waals surface area contributed by atoms with E-state index in [-0.39, 0.29) is 11.8 Å². The van der Waals surface area contributed by atoms with Crippen LogP contribution < -0.4 is 16.0 Å². The Balaban J connectivity index is 1.32. The molecular weight excluding hydrogens is 302 g/mol. The highest BCUT2D eigenvalue weighted by atomic mass is 16.2. The number of piperidine rings is 1. The maximum Gasteiger partial charge on any atom is 0.251 e. The lowest BCUT2D eigenvalue weighted by atomic mass is 9.89. The lowest BCUT2D eigenvalue weighted by molar-refractivity contribution is -0.122. The van der Waals surface area contributed by atoms with Crippen molar-refractivity contribution < 1.29 is 9.59 Å². The third-order valence-corrected chi connectivity index (χ3v) is 5.09. The van der Waals surface area contributed by atoms with Crippen LogP contribution in [-0.2, 0) is 4.79 Å². The van der Waals surface area contributed by atoms with Gasteiger partial charge in [-0.1, -0.05) is 17.7 Å². The van der Waals surface area contributed by atoms with Crippen LogP contribution in [0, 0.1) is 12.8 Å². The molecule has 2 atom stereocenters. The van der Waals surface area contributed by atoms with Crippen molar-refractivity contribution in [3.05, 3.63) is 35.4 Å². The summed E-state index contributed by atoms with van der Waals surface area (Å²) < 4.78 is 0. The molecule has 2 amide bonds. The van der Waals surface area contributed by atoms with Crippen LogP contribution in [0.2, 0.25) is 0 Å². The Bertz CT molecular complexity index is 573. The van der Waals surface area contributed by atoms with Gasteiger partial charge in [-0.2, -0.15) is 0 Å². The topological polar surface area (TPSA) is 70.2 Å². The zero-order chi connectivity index (χ0) is 16.9. The molecule has 3 rings (SSSR count). The molecule has 2 unspecified atom stereocenters. The van der Waals surface area contributed by atoms with Gasteiger partial charge in [0.1, 0.15) is 0 Å². The van der Waals surface area contributed by atoms with Gasteiger partial charge >= 0.3 is 0 Å². The normalized spacial score (nSPS) is 25.3. The summed E-state index contributed by atoms with van der Waals surface area (Å²) in [5.41, 5.74) is 1.78. The zero-order valence-electron chi connectivity index (χ0n) is 14.3. The Kier molecular flexibility index (Phi) is 5.51. The number of rotatable bonds is 6. The zero-order valence-corrected chi connectivity index (χ0v) is 14.3. The second kappa shape index (κ2) is 7.79. The molecule has 2 heterocycles. The molecule has 2 aliphatic rings. The van der Waals surface area contributed by atoms with Crippen LogP contribution in [0.5, 0.6) is 0 Å². The Morgan fingerprint density at radius 2 is 1.67 bits per heavy atom. The van der Waals surface area contributed by atoms with Crippen molar-refractivity contribution in [3.8, 4) is 0 Å². The molecule has 1 aromatic rings. The van der Waals surface area contributed by atoms with Gasteiger partial charge < -0.3 is 16.0 Å². The molecule has 2 fully saturated rings. The minimum atomic E-state index is -0.0980. The van der Waals surface area contributed by atoms with Gasteiger partial charge in [0, 0.05) is 37.2 Å². The third-order valence-electron chi connectivity index (χ3n) is 5.09. The molecule has 130 valence electrons. The van der Waals surface area contributed by atoms with E-state index in [1.807, 2.05) is 31.2 Å². The number of hydrogen-bond donors (Lipinski definition) is 3. The number of aryl methyl sites for hydroxylation is 1. The van der Waals surface area contributed by atoms with E-state index >= 15 is 0 Å². The summed E-state index contributed by atoms with van der Waals surface area (Å²) in [6.45, 7) is 2.93. The molecule has 2 aliphatic heterocycles. The summed E-state index contributed by atoms with van der Waals surface area (Å²) in [5, 5.41) is 9.36. The van der Waals surface area contributed by atoms with E-state index in [4.69, 9.17) is 0 Å². The molecule has 1 aromatic carbocycles. The molecule has 2 saturated heterocycles. The second-order valence-corrected chi connectivity index (χ2v) is 7.15. The maximum atomic E-state index is 12.1.